The van der Waals surface area contributed by atoms with Gasteiger partial charge in [0.25, 0.3) is 0 Å². The van der Waals surface area contributed by atoms with E-state index in [0.29, 0.717) is 0 Å². The van der Waals surface area contributed by atoms with Crippen molar-refractivity contribution < 1.29 is 0 Å². The summed E-state index contributed by atoms with van der Waals surface area (Å²) in [5.41, 5.74) is 6.44. The summed E-state index contributed by atoms with van der Waals surface area (Å²) in [4.78, 5) is 2.67. The summed E-state index contributed by atoms with van der Waals surface area (Å²) in [6.45, 7) is 3.38. The SMILES string of the molecule is Nc1cnn(CCN2CCC3CCCCC32)c1. The Hall–Kier alpha value is -1.03. The van der Waals surface area contributed by atoms with Crippen molar-refractivity contribution in [2.45, 2.75) is 44.7 Å². The molecule has 0 radical (unpaired) electrons. The Balaban J connectivity index is 1.55. The Morgan fingerprint density at radius 2 is 2.12 bits per heavy atom. The smallest absolute Gasteiger partial charge is 0.0719 e. The van der Waals surface area contributed by atoms with Crippen molar-refractivity contribution in [3.63, 3.8) is 0 Å². The minimum absolute atomic E-state index is 0.766. The van der Waals surface area contributed by atoms with Gasteiger partial charge in [0, 0.05) is 18.8 Å². The van der Waals surface area contributed by atoms with Crippen molar-refractivity contribution in [3.8, 4) is 0 Å². The molecule has 2 N–H and O–H groups in total. The van der Waals surface area contributed by atoms with Crippen molar-refractivity contribution in [2.75, 3.05) is 18.8 Å². The molecule has 1 aromatic rings. The van der Waals surface area contributed by atoms with Gasteiger partial charge in [-0.1, -0.05) is 12.8 Å². The van der Waals surface area contributed by atoms with Crippen LogP contribution in [0.1, 0.15) is 32.1 Å². The highest BCUT2D eigenvalue weighted by Gasteiger charge is 2.34. The second-order valence-corrected chi connectivity index (χ2v) is 5.47. The predicted molar refractivity (Wildman–Crippen MR) is 68.6 cm³/mol. The van der Waals surface area contributed by atoms with Crippen LogP contribution in [0.3, 0.4) is 0 Å². The van der Waals surface area contributed by atoms with Crippen LogP contribution in [0.2, 0.25) is 0 Å². The number of rotatable bonds is 3. The van der Waals surface area contributed by atoms with Gasteiger partial charge >= 0.3 is 0 Å². The van der Waals surface area contributed by atoms with Crippen LogP contribution in [0.15, 0.2) is 12.4 Å². The van der Waals surface area contributed by atoms with E-state index in [1.54, 1.807) is 6.20 Å². The predicted octanol–water partition coefficient (Wildman–Crippen LogP) is 1.73. The molecule has 2 heterocycles. The first-order chi connectivity index (χ1) is 8.33. The molecule has 1 saturated carbocycles. The molecule has 2 fully saturated rings. The molecule has 2 atom stereocenters. The van der Waals surface area contributed by atoms with Crippen molar-refractivity contribution in [1.82, 2.24) is 14.7 Å². The van der Waals surface area contributed by atoms with Gasteiger partial charge in [0.05, 0.1) is 18.4 Å². The van der Waals surface area contributed by atoms with E-state index in [2.05, 4.69) is 10.00 Å². The van der Waals surface area contributed by atoms with Gasteiger partial charge in [-0.25, -0.2) is 0 Å². The lowest BCUT2D eigenvalue weighted by atomic mass is 9.85. The molecule has 0 aromatic carbocycles. The first-order valence-electron chi connectivity index (χ1n) is 6.85. The molecule has 0 spiro atoms. The van der Waals surface area contributed by atoms with Crippen LogP contribution < -0.4 is 5.73 Å². The molecule has 3 rings (SSSR count). The van der Waals surface area contributed by atoms with Gasteiger partial charge in [0.2, 0.25) is 0 Å². The molecule has 4 heteroatoms. The highest BCUT2D eigenvalue weighted by Crippen LogP contribution is 2.35. The summed E-state index contributed by atoms with van der Waals surface area (Å²) < 4.78 is 1.96. The van der Waals surface area contributed by atoms with Crippen LogP contribution in [-0.4, -0.2) is 33.8 Å². The average molecular weight is 234 g/mol. The van der Waals surface area contributed by atoms with Gasteiger partial charge in [-0.2, -0.15) is 5.10 Å². The standard InChI is InChI=1S/C13H22N4/c14-12-9-15-17(10-12)8-7-16-6-5-11-3-1-2-4-13(11)16/h9-11,13H,1-8,14H2. The number of likely N-dealkylation sites (tertiary alicyclic amines) is 1. The quantitative estimate of drug-likeness (QED) is 0.866. The van der Waals surface area contributed by atoms with E-state index in [1.807, 2.05) is 10.9 Å². The molecule has 2 aliphatic rings. The van der Waals surface area contributed by atoms with Gasteiger partial charge in [-0.05, 0) is 31.7 Å². The molecule has 1 saturated heterocycles. The third kappa shape index (κ3) is 2.32. The van der Waals surface area contributed by atoms with Crippen LogP contribution in [0.5, 0.6) is 0 Å². The summed E-state index contributed by atoms with van der Waals surface area (Å²) in [7, 11) is 0. The zero-order valence-electron chi connectivity index (χ0n) is 10.4. The van der Waals surface area contributed by atoms with Crippen LogP contribution in [0.4, 0.5) is 5.69 Å². The second-order valence-electron chi connectivity index (χ2n) is 5.47. The maximum absolute atomic E-state index is 5.67. The average Bonchev–Trinajstić information content (AvgIpc) is 2.93. The van der Waals surface area contributed by atoms with Crippen LogP contribution >= 0.6 is 0 Å². The van der Waals surface area contributed by atoms with E-state index in [1.165, 1.54) is 38.6 Å². The maximum atomic E-state index is 5.67. The van der Waals surface area contributed by atoms with Gasteiger partial charge in [0.1, 0.15) is 0 Å². The van der Waals surface area contributed by atoms with E-state index >= 15 is 0 Å². The first kappa shape index (κ1) is 11.1. The number of nitrogens with two attached hydrogens (primary N) is 1. The largest absolute Gasteiger partial charge is 0.396 e. The topological polar surface area (TPSA) is 47.1 Å². The Morgan fingerprint density at radius 1 is 1.24 bits per heavy atom. The number of hydrogen-bond donors (Lipinski definition) is 1. The van der Waals surface area contributed by atoms with E-state index in [9.17, 15) is 0 Å². The fourth-order valence-corrected chi connectivity index (χ4v) is 3.51. The summed E-state index contributed by atoms with van der Waals surface area (Å²) in [5, 5.41) is 4.25. The third-order valence-electron chi connectivity index (χ3n) is 4.39. The molecule has 94 valence electrons. The molecule has 4 nitrogen and oxygen atoms in total. The fourth-order valence-electron chi connectivity index (χ4n) is 3.51. The van der Waals surface area contributed by atoms with Crippen molar-refractivity contribution in [1.29, 1.82) is 0 Å². The normalized spacial score (nSPS) is 29.4. The number of nitrogen functional groups attached to an aromatic ring is 1. The lowest BCUT2D eigenvalue weighted by molar-refractivity contribution is 0.175. The minimum Gasteiger partial charge on any atom is -0.396 e. The molecule has 1 aliphatic heterocycles. The van der Waals surface area contributed by atoms with E-state index in [-0.39, 0.29) is 0 Å². The third-order valence-corrected chi connectivity index (χ3v) is 4.39. The van der Waals surface area contributed by atoms with Crippen LogP contribution in [0.25, 0.3) is 0 Å². The number of hydrogen-bond acceptors (Lipinski definition) is 3. The second kappa shape index (κ2) is 4.69. The number of aromatic nitrogens is 2. The molecular weight excluding hydrogens is 212 g/mol. The van der Waals surface area contributed by atoms with E-state index < -0.39 is 0 Å². The summed E-state index contributed by atoms with van der Waals surface area (Å²) in [6.07, 6.45) is 10.8. The minimum atomic E-state index is 0.766. The Labute approximate surface area is 103 Å². The number of anilines is 1. The monoisotopic (exact) mass is 234 g/mol. The highest BCUT2D eigenvalue weighted by atomic mass is 15.3. The molecule has 1 aliphatic carbocycles. The molecule has 2 unspecified atom stereocenters. The molecule has 0 amide bonds. The molecule has 1 aromatic heterocycles. The van der Waals surface area contributed by atoms with Crippen LogP contribution in [-0.2, 0) is 6.54 Å². The van der Waals surface area contributed by atoms with Gasteiger partial charge in [-0.15, -0.1) is 0 Å². The fraction of sp³-hybridized carbons (Fsp3) is 0.769. The summed E-state index contributed by atoms with van der Waals surface area (Å²) in [6, 6.07) is 0.858. The number of fused-ring (bicyclic) bond motifs is 1. The van der Waals surface area contributed by atoms with E-state index in [4.69, 9.17) is 5.73 Å². The van der Waals surface area contributed by atoms with Gasteiger partial charge in [-0.3, -0.25) is 9.58 Å². The zero-order valence-corrected chi connectivity index (χ0v) is 10.4. The molecular formula is C13H22N4. The first-order valence-corrected chi connectivity index (χ1v) is 6.85. The Morgan fingerprint density at radius 3 is 2.94 bits per heavy atom. The maximum Gasteiger partial charge on any atom is 0.0719 e. The van der Waals surface area contributed by atoms with Crippen molar-refractivity contribution in [2.24, 2.45) is 5.92 Å². The van der Waals surface area contributed by atoms with Crippen molar-refractivity contribution >= 4 is 5.69 Å². The summed E-state index contributed by atoms with van der Waals surface area (Å²) in [5.74, 6) is 0.978. The lowest BCUT2D eigenvalue weighted by Crippen LogP contribution is -2.36. The summed E-state index contributed by atoms with van der Waals surface area (Å²) >= 11 is 0. The van der Waals surface area contributed by atoms with Gasteiger partial charge < -0.3 is 5.73 Å². The Bertz CT molecular complexity index is 373. The van der Waals surface area contributed by atoms with E-state index in [0.717, 1.165) is 30.7 Å². The number of nitrogens with zero attached hydrogens (tertiary/aromatic N) is 3. The molecule has 17 heavy (non-hydrogen) atoms. The molecule has 0 bridgehead atoms. The van der Waals surface area contributed by atoms with Gasteiger partial charge in [0.15, 0.2) is 0 Å². The van der Waals surface area contributed by atoms with Crippen molar-refractivity contribution in [3.05, 3.63) is 12.4 Å². The van der Waals surface area contributed by atoms with Crippen LogP contribution in [0, 0.1) is 5.92 Å². The highest BCUT2D eigenvalue weighted by molar-refractivity contribution is 5.30. The lowest BCUT2D eigenvalue weighted by Gasteiger charge is -2.31. The Kier molecular flexibility index (Phi) is 3.05. The zero-order chi connectivity index (χ0) is 11.7.